The predicted molar refractivity (Wildman–Crippen MR) is 198 cm³/mol. The van der Waals surface area contributed by atoms with Gasteiger partial charge in [-0.2, -0.15) is 0 Å². The molecule has 6 nitrogen and oxygen atoms in total. The molecule has 5 rings (SSSR count). The number of methoxy groups -OCH3 is 1. The molecule has 0 amide bonds. The highest BCUT2D eigenvalue weighted by atomic mass is 16.5. The van der Waals surface area contributed by atoms with Crippen LogP contribution in [-0.4, -0.2) is 48.7 Å². The van der Waals surface area contributed by atoms with E-state index in [0.29, 0.717) is 42.4 Å². The van der Waals surface area contributed by atoms with Crippen LogP contribution in [0.3, 0.4) is 0 Å². The summed E-state index contributed by atoms with van der Waals surface area (Å²) in [6, 6.07) is 0. The van der Waals surface area contributed by atoms with Crippen LogP contribution in [0.4, 0.5) is 0 Å². The first-order chi connectivity index (χ1) is 23.8. The quantitative estimate of drug-likeness (QED) is 0.116. The Morgan fingerprint density at radius 3 is 2.39 bits per heavy atom. The zero-order chi connectivity index (χ0) is 34.8. The van der Waals surface area contributed by atoms with Crippen molar-refractivity contribution in [3.8, 4) is 11.8 Å². The summed E-state index contributed by atoms with van der Waals surface area (Å²) in [5, 5.41) is 14.7. The molecule has 4 fully saturated rings. The molecule has 1 aliphatic heterocycles. The smallest absolute Gasteiger partial charge is 0.144 e. The van der Waals surface area contributed by atoms with Crippen molar-refractivity contribution < 1.29 is 19.4 Å². The fraction of sp³-hybridized carbons (Fsp3) is 0.907. The summed E-state index contributed by atoms with van der Waals surface area (Å²) in [5.41, 5.74) is 6.41. The summed E-state index contributed by atoms with van der Waals surface area (Å²) in [6.07, 6.45) is 22.1. The number of aliphatic hydroxyl groups excluding tert-OH is 1. The van der Waals surface area contributed by atoms with Crippen molar-refractivity contribution in [3.05, 3.63) is 0 Å². The number of Topliss-reactive ketones (excluding diaryl/α,β-unsaturated/α-hetero) is 2. The van der Waals surface area contributed by atoms with Crippen LogP contribution in [0, 0.1) is 71.0 Å². The molecule has 0 aromatic rings. The van der Waals surface area contributed by atoms with Crippen molar-refractivity contribution in [3.63, 3.8) is 0 Å². The van der Waals surface area contributed by atoms with Crippen molar-refractivity contribution in [2.75, 3.05) is 13.7 Å². The molecule has 0 spiro atoms. The molecule has 6 heteroatoms. The predicted octanol–water partition coefficient (Wildman–Crippen LogP) is 8.23. The molecule has 12 atom stereocenters. The Balaban J connectivity index is 1.56. The number of aliphatic hydroxyl groups is 1. The van der Waals surface area contributed by atoms with Crippen LogP contribution in [0.2, 0.25) is 0 Å². The van der Waals surface area contributed by atoms with Gasteiger partial charge < -0.3 is 20.9 Å². The van der Waals surface area contributed by atoms with Gasteiger partial charge in [-0.3, -0.25) is 9.59 Å². The highest BCUT2D eigenvalue weighted by molar-refractivity contribution is 6.00. The number of piperidine rings is 1. The van der Waals surface area contributed by atoms with Gasteiger partial charge in [0.05, 0.1) is 24.8 Å². The lowest BCUT2D eigenvalue weighted by atomic mass is 9.63. The molecular weight excluding hydrogens is 608 g/mol. The van der Waals surface area contributed by atoms with Gasteiger partial charge in [-0.25, -0.2) is 0 Å². The zero-order valence-corrected chi connectivity index (χ0v) is 31.5. The molecule has 3 saturated carbocycles. The largest absolute Gasteiger partial charge is 0.390 e. The van der Waals surface area contributed by atoms with Crippen molar-refractivity contribution >= 4 is 11.6 Å². The molecule has 1 heterocycles. The number of nitrogens with one attached hydrogen (secondary N) is 1. The maximum absolute atomic E-state index is 14.7. The van der Waals surface area contributed by atoms with Gasteiger partial charge in [-0.15, -0.1) is 0 Å². The van der Waals surface area contributed by atoms with Crippen LogP contribution in [0.15, 0.2) is 0 Å². The summed E-state index contributed by atoms with van der Waals surface area (Å²) in [7, 11) is 1.71. The summed E-state index contributed by atoms with van der Waals surface area (Å²) in [4.78, 5) is 28.4. The van der Waals surface area contributed by atoms with E-state index in [4.69, 9.17) is 10.5 Å². The number of ether oxygens (including phenoxy) is 1. The van der Waals surface area contributed by atoms with Crippen LogP contribution in [0.1, 0.15) is 155 Å². The molecule has 0 bridgehead atoms. The summed E-state index contributed by atoms with van der Waals surface area (Å²) in [6.45, 7) is 5.55. The fourth-order valence-electron chi connectivity index (χ4n) is 11.5. The molecular formula is C43H72N2O4. The number of carbonyl (C=O) groups is 2. The minimum absolute atomic E-state index is 0.00291. The minimum atomic E-state index is -0.488. The maximum Gasteiger partial charge on any atom is 0.144 e. The number of hydrogen-bond donors (Lipinski definition) is 3. The molecule has 1 saturated heterocycles. The third kappa shape index (κ3) is 10.6. The van der Waals surface area contributed by atoms with Gasteiger partial charge >= 0.3 is 0 Å². The van der Waals surface area contributed by atoms with Gasteiger partial charge in [0.2, 0.25) is 0 Å². The monoisotopic (exact) mass is 681 g/mol. The SMILES string of the molecule is CCCCCC1C(CCCC)CC(CC2CCNC(N)C2)CC2C#CC(C3CCCCC3)C3CC(O)C(OC)CC3CCC(=O)CC(=O)C21. The van der Waals surface area contributed by atoms with E-state index >= 15 is 0 Å². The minimum Gasteiger partial charge on any atom is -0.390 e. The van der Waals surface area contributed by atoms with Gasteiger partial charge in [-0.05, 0) is 119 Å². The number of unbranched alkanes of at least 4 members (excludes halogenated alkanes) is 3. The second-order valence-corrected chi connectivity index (χ2v) is 17.4. The van der Waals surface area contributed by atoms with Crippen molar-refractivity contribution in [2.24, 2.45) is 64.9 Å². The van der Waals surface area contributed by atoms with E-state index in [1.54, 1.807) is 7.11 Å². The highest BCUT2D eigenvalue weighted by Crippen LogP contribution is 2.49. The van der Waals surface area contributed by atoms with Crippen LogP contribution < -0.4 is 11.1 Å². The van der Waals surface area contributed by atoms with Gasteiger partial charge in [0.1, 0.15) is 11.6 Å². The van der Waals surface area contributed by atoms with E-state index in [-0.39, 0.29) is 59.8 Å². The third-order valence-electron chi connectivity index (χ3n) is 14.0. The zero-order valence-electron chi connectivity index (χ0n) is 31.5. The Bertz CT molecular complexity index is 1090. The molecule has 12 unspecified atom stereocenters. The molecule has 4 aliphatic carbocycles. The summed E-state index contributed by atoms with van der Waals surface area (Å²) < 4.78 is 5.77. The topological polar surface area (TPSA) is 102 Å². The van der Waals surface area contributed by atoms with E-state index in [1.165, 1.54) is 83.5 Å². The molecule has 278 valence electrons. The van der Waals surface area contributed by atoms with Gasteiger partial charge in [0, 0.05) is 31.3 Å². The molecule has 4 N–H and O–H groups in total. The van der Waals surface area contributed by atoms with Gasteiger partial charge in [0.15, 0.2) is 0 Å². The van der Waals surface area contributed by atoms with E-state index in [0.717, 1.165) is 45.1 Å². The average molecular weight is 681 g/mol. The van der Waals surface area contributed by atoms with Crippen LogP contribution in [0.5, 0.6) is 0 Å². The first-order valence-corrected chi connectivity index (χ1v) is 21.1. The Labute approximate surface area is 299 Å². The number of rotatable bonds is 11. The fourth-order valence-corrected chi connectivity index (χ4v) is 11.5. The number of ketones is 2. The first kappa shape index (κ1) is 39.0. The normalized spacial score (nSPS) is 39.8. The van der Waals surface area contributed by atoms with Crippen molar-refractivity contribution in [1.82, 2.24) is 5.32 Å². The van der Waals surface area contributed by atoms with E-state index in [1.807, 2.05) is 0 Å². The Morgan fingerprint density at radius 1 is 0.857 bits per heavy atom. The van der Waals surface area contributed by atoms with Crippen molar-refractivity contribution in [1.29, 1.82) is 0 Å². The second-order valence-electron chi connectivity index (χ2n) is 17.4. The lowest BCUT2D eigenvalue weighted by Gasteiger charge is -2.44. The van der Waals surface area contributed by atoms with Crippen LogP contribution in [0.25, 0.3) is 0 Å². The molecule has 0 aromatic carbocycles. The summed E-state index contributed by atoms with van der Waals surface area (Å²) in [5.74, 6) is 11.5. The molecule has 0 aromatic heterocycles. The lowest BCUT2D eigenvalue weighted by Crippen LogP contribution is -2.44. The molecule has 49 heavy (non-hydrogen) atoms. The number of nitrogens with two attached hydrogens (primary N) is 1. The highest BCUT2D eigenvalue weighted by Gasteiger charge is 2.46. The van der Waals surface area contributed by atoms with Gasteiger partial charge in [-0.1, -0.05) is 83.5 Å². The first-order valence-electron chi connectivity index (χ1n) is 21.1. The molecule has 5 aliphatic rings. The Morgan fingerprint density at radius 2 is 1.65 bits per heavy atom. The molecule has 0 radical (unpaired) electrons. The second kappa shape index (κ2) is 19.5. The van der Waals surface area contributed by atoms with Crippen molar-refractivity contribution in [2.45, 2.75) is 173 Å². The maximum atomic E-state index is 14.7. The van der Waals surface area contributed by atoms with Crippen LogP contribution in [-0.2, 0) is 14.3 Å². The van der Waals surface area contributed by atoms with E-state index in [2.05, 4.69) is 31.0 Å². The van der Waals surface area contributed by atoms with Gasteiger partial charge in [0.25, 0.3) is 0 Å². The van der Waals surface area contributed by atoms with Crippen LogP contribution >= 0.6 is 0 Å². The summed E-state index contributed by atoms with van der Waals surface area (Å²) >= 11 is 0. The number of fused-ring (bicyclic) bond motifs is 2. The van der Waals surface area contributed by atoms with E-state index < -0.39 is 6.10 Å². The van der Waals surface area contributed by atoms with E-state index in [9.17, 15) is 14.7 Å². The number of carbonyl (C=O) groups excluding carboxylic acids is 2. The number of hydrogen-bond acceptors (Lipinski definition) is 6. The Hall–Kier alpha value is -1.26. The Kier molecular flexibility index (Phi) is 15.5. The lowest BCUT2D eigenvalue weighted by molar-refractivity contribution is -0.132. The standard InChI is InChI=1S/C43H72N2O4/c1-4-6-9-15-37-32(12-7-5-2)23-30(22-29-20-21-45-42(44)25-29)24-34-17-19-36(31-13-10-8-11-14-31)38-28-39(47)41(49-3)26-33(38)16-18-35(46)27-40(48)43(34)37/h29-34,36-39,41-43,45,47H,4-16,18,20-28,44H2,1-3H3. The average Bonchev–Trinajstić information content (AvgIpc) is 3.23. The third-order valence-corrected chi connectivity index (χ3v) is 14.0.